The van der Waals surface area contributed by atoms with Gasteiger partial charge in [0.1, 0.15) is 23.7 Å². The van der Waals surface area contributed by atoms with E-state index in [0.29, 0.717) is 13.2 Å². The van der Waals surface area contributed by atoms with Gasteiger partial charge in [0.2, 0.25) is 0 Å². The largest absolute Gasteiger partial charge is 0.494 e. The summed E-state index contributed by atoms with van der Waals surface area (Å²) in [5.41, 5.74) is 1.13. The molecule has 1 fully saturated rings. The highest BCUT2D eigenvalue weighted by Crippen LogP contribution is 2.21. The molecule has 0 saturated carbocycles. The summed E-state index contributed by atoms with van der Waals surface area (Å²) in [4.78, 5) is 11.1. The first-order valence-corrected chi connectivity index (χ1v) is 9.11. The van der Waals surface area contributed by atoms with Crippen molar-refractivity contribution in [1.29, 1.82) is 0 Å². The first-order valence-electron chi connectivity index (χ1n) is 7.96. The maximum Gasteiger partial charge on any atom is 0.134 e. The molecule has 1 aliphatic rings. The van der Waals surface area contributed by atoms with Gasteiger partial charge < -0.3 is 15.0 Å². The fourth-order valence-corrected chi connectivity index (χ4v) is 3.44. The molecule has 2 aromatic rings. The molecule has 122 valence electrons. The zero-order valence-corrected chi connectivity index (χ0v) is 14.2. The lowest BCUT2D eigenvalue weighted by Gasteiger charge is -2.27. The normalized spacial score (nSPS) is 14.6. The van der Waals surface area contributed by atoms with Crippen LogP contribution in [-0.4, -0.2) is 41.2 Å². The van der Waals surface area contributed by atoms with Crippen LogP contribution in [0.3, 0.4) is 0 Å². The molecule has 23 heavy (non-hydrogen) atoms. The fraction of sp³-hybridized carbons (Fsp3) is 0.412. The summed E-state index contributed by atoms with van der Waals surface area (Å²) >= 11 is 2.00. The summed E-state index contributed by atoms with van der Waals surface area (Å²) in [6.07, 6.45) is 1.63. The Morgan fingerprint density at radius 3 is 2.87 bits per heavy atom. The number of benzene rings is 1. The molecular weight excluding hydrogens is 308 g/mol. The topological polar surface area (TPSA) is 50.3 Å². The molecule has 0 radical (unpaired) electrons. The van der Waals surface area contributed by atoms with E-state index >= 15 is 0 Å². The van der Waals surface area contributed by atoms with Gasteiger partial charge in [-0.3, -0.25) is 0 Å². The van der Waals surface area contributed by atoms with E-state index in [1.807, 2.05) is 43.0 Å². The van der Waals surface area contributed by atoms with Gasteiger partial charge in [0.05, 0.1) is 6.61 Å². The van der Waals surface area contributed by atoms with Gasteiger partial charge in [0.15, 0.2) is 0 Å². The average Bonchev–Trinajstić information content (AvgIpc) is 2.62. The average molecular weight is 330 g/mol. The number of nitrogens with one attached hydrogen (secondary N) is 1. The summed E-state index contributed by atoms with van der Waals surface area (Å²) < 4.78 is 5.66. The molecule has 0 amide bonds. The molecule has 0 atom stereocenters. The minimum Gasteiger partial charge on any atom is -0.494 e. The number of hydrogen-bond donors (Lipinski definition) is 1. The molecule has 0 bridgehead atoms. The standard InChI is InChI=1S/C17H22N4OS/c1-2-22-15-6-4-3-5-14(15)12-18-16-11-17(20-13-19-16)21-7-9-23-10-8-21/h3-6,11,13H,2,7-10,12H2,1H3,(H,18,19,20). The van der Waals surface area contributed by atoms with Crippen molar-refractivity contribution in [2.45, 2.75) is 13.5 Å². The number of nitrogens with zero attached hydrogens (tertiary/aromatic N) is 3. The zero-order chi connectivity index (χ0) is 15.9. The van der Waals surface area contributed by atoms with Crippen molar-refractivity contribution >= 4 is 23.4 Å². The number of anilines is 2. The third-order valence-corrected chi connectivity index (χ3v) is 4.66. The van der Waals surface area contributed by atoms with Crippen LogP contribution in [0, 0.1) is 0 Å². The Morgan fingerprint density at radius 1 is 1.22 bits per heavy atom. The molecule has 0 aliphatic carbocycles. The van der Waals surface area contributed by atoms with Crippen LogP contribution >= 0.6 is 11.8 Å². The van der Waals surface area contributed by atoms with Crippen molar-refractivity contribution in [2.75, 3.05) is 41.4 Å². The molecule has 1 aromatic carbocycles. The number of aromatic nitrogens is 2. The number of rotatable bonds is 6. The summed E-state index contributed by atoms with van der Waals surface area (Å²) in [5.74, 6) is 5.09. The van der Waals surface area contributed by atoms with Gasteiger partial charge in [-0.1, -0.05) is 18.2 Å². The van der Waals surface area contributed by atoms with Crippen molar-refractivity contribution in [3.63, 3.8) is 0 Å². The molecule has 3 rings (SSSR count). The molecule has 0 spiro atoms. The van der Waals surface area contributed by atoms with Crippen LogP contribution in [0.2, 0.25) is 0 Å². The van der Waals surface area contributed by atoms with Gasteiger partial charge in [-0.15, -0.1) is 0 Å². The third-order valence-electron chi connectivity index (χ3n) is 3.72. The van der Waals surface area contributed by atoms with Gasteiger partial charge in [-0.2, -0.15) is 11.8 Å². The van der Waals surface area contributed by atoms with Crippen molar-refractivity contribution in [3.8, 4) is 5.75 Å². The van der Waals surface area contributed by atoms with Gasteiger partial charge in [-0.25, -0.2) is 9.97 Å². The lowest BCUT2D eigenvalue weighted by atomic mass is 10.2. The van der Waals surface area contributed by atoms with E-state index in [1.165, 1.54) is 0 Å². The predicted molar refractivity (Wildman–Crippen MR) is 96.5 cm³/mol. The van der Waals surface area contributed by atoms with E-state index in [-0.39, 0.29) is 0 Å². The third kappa shape index (κ3) is 4.28. The minimum absolute atomic E-state index is 0.668. The lowest BCUT2D eigenvalue weighted by Crippen LogP contribution is -2.33. The monoisotopic (exact) mass is 330 g/mol. The van der Waals surface area contributed by atoms with E-state index in [2.05, 4.69) is 26.3 Å². The van der Waals surface area contributed by atoms with E-state index < -0.39 is 0 Å². The van der Waals surface area contributed by atoms with E-state index in [4.69, 9.17) is 4.74 Å². The summed E-state index contributed by atoms with van der Waals surface area (Å²) in [5, 5.41) is 3.38. The van der Waals surface area contributed by atoms with E-state index in [9.17, 15) is 0 Å². The number of para-hydroxylation sites is 1. The summed E-state index contributed by atoms with van der Waals surface area (Å²) in [6.45, 7) is 5.45. The maximum atomic E-state index is 5.66. The quantitative estimate of drug-likeness (QED) is 0.878. The molecule has 1 N–H and O–H groups in total. The van der Waals surface area contributed by atoms with Crippen molar-refractivity contribution in [1.82, 2.24) is 9.97 Å². The molecule has 6 heteroatoms. The van der Waals surface area contributed by atoms with Gasteiger partial charge in [0, 0.05) is 42.8 Å². The summed E-state index contributed by atoms with van der Waals surface area (Å²) in [7, 11) is 0. The van der Waals surface area contributed by atoms with E-state index in [1.54, 1.807) is 6.33 Å². The molecule has 1 saturated heterocycles. The molecule has 5 nitrogen and oxygen atoms in total. The Balaban J connectivity index is 1.66. The number of ether oxygens (including phenoxy) is 1. The molecule has 2 heterocycles. The second-order valence-corrected chi connectivity index (χ2v) is 6.48. The van der Waals surface area contributed by atoms with Crippen molar-refractivity contribution < 1.29 is 4.74 Å². The minimum atomic E-state index is 0.668. The lowest BCUT2D eigenvalue weighted by molar-refractivity contribution is 0.337. The predicted octanol–water partition coefficient (Wildman–Crippen LogP) is 3.04. The Morgan fingerprint density at radius 2 is 2.04 bits per heavy atom. The van der Waals surface area contributed by atoms with Gasteiger partial charge >= 0.3 is 0 Å². The van der Waals surface area contributed by atoms with Crippen LogP contribution in [0.15, 0.2) is 36.7 Å². The Kier molecular flexibility index (Phi) is 5.58. The Bertz CT molecular complexity index is 631. The van der Waals surface area contributed by atoms with Crippen molar-refractivity contribution in [2.24, 2.45) is 0 Å². The molecule has 0 unspecified atom stereocenters. The first-order chi connectivity index (χ1) is 11.4. The zero-order valence-electron chi connectivity index (χ0n) is 13.4. The highest BCUT2D eigenvalue weighted by Gasteiger charge is 2.13. The van der Waals surface area contributed by atoms with Crippen LogP contribution in [0.4, 0.5) is 11.6 Å². The van der Waals surface area contributed by atoms with Gasteiger partial charge in [0.25, 0.3) is 0 Å². The van der Waals surface area contributed by atoms with Crippen molar-refractivity contribution in [3.05, 3.63) is 42.2 Å². The second-order valence-electron chi connectivity index (χ2n) is 5.26. The highest BCUT2D eigenvalue weighted by molar-refractivity contribution is 7.99. The number of hydrogen-bond acceptors (Lipinski definition) is 6. The first kappa shape index (κ1) is 15.9. The molecule has 1 aromatic heterocycles. The van der Waals surface area contributed by atoms with E-state index in [0.717, 1.165) is 47.5 Å². The Labute approximate surface area is 141 Å². The smallest absolute Gasteiger partial charge is 0.134 e. The second kappa shape index (κ2) is 8.06. The Hall–Kier alpha value is -1.95. The van der Waals surface area contributed by atoms with Gasteiger partial charge in [-0.05, 0) is 13.0 Å². The van der Waals surface area contributed by atoms with Crippen LogP contribution < -0.4 is 15.0 Å². The van der Waals surface area contributed by atoms with Crippen LogP contribution in [-0.2, 0) is 6.54 Å². The molecule has 1 aliphatic heterocycles. The highest BCUT2D eigenvalue weighted by atomic mass is 32.2. The molecular formula is C17H22N4OS. The van der Waals surface area contributed by atoms with Crippen LogP contribution in [0.25, 0.3) is 0 Å². The van der Waals surface area contributed by atoms with Crippen LogP contribution in [0.1, 0.15) is 12.5 Å². The number of thioether (sulfide) groups is 1. The maximum absolute atomic E-state index is 5.66. The van der Waals surface area contributed by atoms with Crippen LogP contribution in [0.5, 0.6) is 5.75 Å². The fourth-order valence-electron chi connectivity index (χ4n) is 2.54. The summed E-state index contributed by atoms with van der Waals surface area (Å²) in [6, 6.07) is 10.1. The SMILES string of the molecule is CCOc1ccccc1CNc1cc(N2CCSCC2)ncn1.